The fourth-order valence-corrected chi connectivity index (χ4v) is 3.21. The van der Waals surface area contributed by atoms with Crippen molar-refractivity contribution in [2.45, 2.75) is 14.1 Å². The smallest absolute Gasteiger partial charge is 0.238 e. The summed E-state index contributed by atoms with van der Waals surface area (Å²) in [6.07, 6.45) is 0. The Balaban J connectivity index is 2.40. The van der Waals surface area contributed by atoms with Crippen molar-refractivity contribution in [3.8, 4) is 0 Å². The van der Waals surface area contributed by atoms with Crippen LogP contribution < -0.4 is 10.9 Å². The number of rotatable bonds is 3. The highest BCUT2D eigenvalue weighted by Crippen LogP contribution is 2.33. The number of benzene rings is 1. The van der Waals surface area contributed by atoms with E-state index in [1.54, 1.807) is 5.51 Å². The molecule has 1 aromatic carbocycles. The standard InChI is InChI=1S/C8H8N4O2S3/c9-6-2-1-5(17(10,13)14)3-7(6)16-8-12-11-4-15-8/h1-4H,9H2,(H2,10,13,14). The number of hydrogen-bond acceptors (Lipinski definition) is 7. The zero-order valence-electron chi connectivity index (χ0n) is 8.40. The van der Waals surface area contributed by atoms with Crippen LogP contribution in [0.25, 0.3) is 0 Å². The molecule has 0 aliphatic rings. The number of sulfonamides is 1. The van der Waals surface area contributed by atoms with Crippen LogP contribution in [0.3, 0.4) is 0 Å². The van der Waals surface area contributed by atoms with Gasteiger partial charge in [-0.1, -0.05) is 23.1 Å². The minimum absolute atomic E-state index is 0.0266. The second-order valence-electron chi connectivity index (χ2n) is 3.05. The Hall–Kier alpha value is -1.16. The van der Waals surface area contributed by atoms with E-state index in [1.807, 2.05) is 0 Å². The lowest BCUT2D eigenvalue weighted by Gasteiger charge is -2.05. The van der Waals surface area contributed by atoms with Crippen LogP contribution in [0.15, 0.2) is 37.8 Å². The molecule has 1 aromatic heterocycles. The van der Waals surface area contributed by atoms with Crippen molar-refractivity contribution >= 4 is 38.8 Å². The molecular formula is C8H8N4O2S3. The number of hydrogen-bond donors (Lipinski definition) is 2. The summed E-state index contributed by atoms with van der Waals surface area (Å²) in [5.74, 6) is 0. The highest BCUT2D eigenvalue weighted by atomic mass is 32.2. The maximum Gasteiger partial charge on any atom is 0.238 e. The van der Waals surface area contributed by atoms with Gasteiger partial charge in [0.25, 0.3) is 0 Å². The first-order valence-electron chi connectivity index (χ1n) is 4.33. The number of anilines is 1. The molecule has 4 N–H and O–H groups in total. The lowest BCUT2D eigenvalue weighted by Crippen LogP contribution is -2.12. The molecule has 0 bridgehead atoms. The molecule has 0 aliphatic heterocycles. The van der Waals surface area contributed by atoms with Gasteiger partial charge >= 0.3 is 0 Å². The summed E-state index contributed by atoms with van der Waals surface area (Å²) in [7, 11) is -3.72. The number of nitrogens with zero attached hydrogens (tertiary/aromatic N) is 2. The minimum Gasteiger partial charge on any atom is -0.398 e. The molecule has 0 spiro atoms. The van der Waals surface area contributed by atoms with Crippen LogP contribution in [-0.2, 0) is 10.0 Å². The molecule has 17 heavy (non-hydrogen) atoms. The fraction of sp³-hybridized carbons (Fsp3) is 0. The Morgan fingerprint density at radius 2 is 2.12 bits per heavy atom. The molecule has 0 unspecified atom stereocenters. The van der Waals surface area contributed by atoms with Crippen molar-refractivity contribution in [2.24, 2.45) is 5.14 Å². The second kappa shape index (κ2) is 4.61. The summed E-state index contributed by atoms with van der Waals surface area (Å²) in [6.45, 7) is 0. The first kappa shape index (κ1) is 12.3. The maximum absolute atomic E-state index is 11.2. The highest BCUT2D eigenvalue weighted by Gasteiger charge is 2.12. The predicted octanol–water partition coefficient (Wildman–Crippen LogP) is 0.919. The van der Waals surface area contributed by atoms with Crippen molar-refractivity contribution in [2.75, 3.05) is 5.73 Å². The number of nitrogens with two attached hydrogens (primary N) is 2. The van der Waals surface area contributed by atoms with Gasteiger partial charge in [0, 0.05) is 10.6 Å². The van der Waals surface area contributed by atoms with Crippen molar-refractivity contribution < 1.29 is 8.42 Å². The zero-order chi connectivity index (χ0) is 12.5. The van der Waals surface area contributed by atoms with E-state index in [0.717, 1.165) is 0 Å². The van der Waals surface area contributed by atoms with Crippen molar-refractivity contribution in [3.63, 3.8) is 0 Å². The Kier molecular flexibility index (Phi) is 3.33. The third kappa shape index (κ3) is 2.94. The van der Waals surface area contributed by atoms with Crippen LogP contribution in [0.4, 0.5) is 5.69 Å². The molecule has 0 saturated carbocycles. The van der Waals surface area contributed by atoms with E-state index in [0.29, 0.717) is 14.9 Å². The zero-order valence-corrected chi connectivity index (χ0v) is 10.8. The van der Waals surface area contributed by atoms with Gasteiger partial charge in [-0.15, -0.1) is 10.2 Å². The van der Waals surface area contributed by atoms with Gasteiger partial charge < -0.3 is 5.73 Å². The molecule has 0 fully saturated rings. The van der Waals surface area contributed by atoms with E-state index in [1.165, 1.54) is 41.3 Å². The molecule has 0 saturated heterocycles. The monoisotopic (exact) mass is 288 g/mol. The Labute approximate surface area is 106 Å². The van der Waals surface area contributed by atoms with Crippen LogP contribution in [0.1, 0.15) is 0 Å². The molecule has 0 atom stereocenters. The van der Waals surface area contributed by atoms with Gasteiger partial charge in [-0.25, -0.2) is 13.6 Å². The predicted molar refractivity (Wildman–Crippen MR) is 66.3 cm³/mol. The molecule has 9 heteroatoms. The molecule has 0 aliphatic carbocycles. The summed E-state index contributed by atoms with van der Waals surface area (Å²) >= 11 is 2.60. The Bertz CT molecular complexity index is 624. The molecule has 0 radical (unpaired) electrons. The van der Waals surface area contributed by atoms with E-state index < -0.39 is 10.0 Å². The molecule has 2 rings (SSSR count). The lowest BCUT2D eigenvalue weighted by molar-refractivity contribution is 0.597. The molecule has 6 nitrogen and oxygen atoms in total. The summed E-state index contributed by atoms with van der Waals surface area (Å²) in [5, 5.41) is 12.6. The van der Waals surface area contributed by atoms with Gasteiger partial charge in [0.1, 0.15) is 5.51 Å². The molecule has 0 amide bonds. The molecule has 1 heterocycles. The summed E-state index contributed by atoms with van der Waals surface area (Å²) in [4.78, 5) is 0.618. The average Bonchev–Trinajstić information content (AvgIpc) is 2.72. The van der Waals surface area contributed by atoms with Crippen LogP contribution in [0.5, 0.6) is 0 Å². The number of primary sulfonamides is 1. The SMILES string of the molecule is Nc1ccc(S(N)(=O)=O)cc1Sc1nncs1. The van der Waals surface area contributed by atoms with Gasteiger partial charge in [0.05, 0.1) is 4.90 Å². The Morgan fingerprint density at radius 3 is 2.71 bits per heavy atom. The molecular weight excluding hydrogens is 280 g/mol. The van der Waals surface area contributed by atoms with Gasteiger partial charge in [-0.2, -0.15) is 0 Å². The van der Waals surface area contributed by atoms with E-state index in [4.69, 9.17) is 10.9 Å². The van der Waals surface area contributed by atoms with Gasteiger partial charge in [-0.3, -0.25) is 0 Å². The van der Waals surface area contributed by atoms with E-state index >= 15 is 0 Å². The normalized spacial score (nSPS) is 11.6. The summed E-state index contributed by atoms with van der Waals surface area (Å²) < 4.78 is 23.1. The van der Waals surface area contributed by atoms with E-state index in [2.05, 4.69) is 10.2 Å². The summed E-state index contributed by atoms with van der Waals surface area (Å²) in [5.41, 5.74) is 7.80. The molecule has 90 valence electrons. The Morgan fingerprint density at radius 1 is 1.35 bits per heavy atom. The first-order valence-corrected chi connectivity index (χ1v) is 7.57. The van der Waals surface area contributed by atoms with E-state index in [-0.39, 0.29) is 4.90 Å². The maximum atomic E-state index is 11.2. The highest BCUT2D eigenvalue weighted by molar-refractivity contribution is 8.01. The third-order valence-electron chi connectivity index (χ3n) is 1.85. The van der Waals surface area contributed by atoms with Crippen molar-refractivity contribution in [1.82, 2.24) is 10.2 Å². The fourth-order valence-electron chi connectivity index (χ4n) is 1.08. The molecule has 2 aromatic rings. The van der Waals surface area contributed by atoms with Crippen LogP contribution in [-0.4, -0.2) is 18.6 Å². The van der Waals surface area contributed by atoms with E-state index in [9.17, 15) is 8.42 Å². The van der Waals surface area contributed by atoms with Crippen LogP contribution in [0, 0.1) is 0 Å². The average molecular weight is 288 g/mol. The third-order valence-corrected chi connectivity index (χ3v) is 4.61. The van der Waals surface area contributed by atoms with Crippen LogP contribution in [0.2, 0.25) is 0 Å². The first-order chi connectivity index (χ1) is 7.97. The van der Waals surface area contributed by atoms with Crippen LogP contribution >= 0.6 is 23.1 Å². The number of nitrogen functional groups attached to an aromatic ring is 1. The van der Waals surface area contributed by atoms with Gasteiger partial charge in [0.15, 0.2) is 4.34 Å². The van der Waals surface area contributed by atoms with Gasteiger partial charge in [-0.05, 0) is 18.2 Å². The minimum atomic E-state index is -3.72. The summed E-state index contributed by atoms with van der Waals surface area (Å²) in [6, 6.07) is 4.30. The second-order valence-corrected chi connectivity index (χ2v) is 6.74. The quantitative estimate of drug-likeness (QED) is 0.812. The van der Waals surface area contributed by atoms with Gasteiger partial charge in [0.2, 0.25) is 10.0 Å². The largest absolute Gasteiger partial charge is 0.398 e. The number of aromatic nitrogens is 2. The topological polar surface area (TPSA) is 112 Å². The van der Waals surface area contributed by atoms with Crippen molar-refractivity contribution in [1.29, 1.82) is 0 Å². The lowest BCUT2D eigenvalue weighted by atomic mass is 10.3. The van der Waals surface area contributed by atoms with Crippen molar-refractivity contribution in [3.05, 3.63) is 23.7 Å².